The SMILES string of the molecule is O=C(O)CN1CCC(=O)N1c1ccccc1F. The summed E-state index contributed by atoms with van der Waals surface area (Å²) in [5, 5.41) is 11.1. The third kappa shape index (κ3) is 2.26. The lowest BCUT2D eigenvalue weighted by molar-refractivity contribution is -0.138. The van der Waals surface area contributed by atoms with Gasteiger partial charge in [0.15, 0.2) is 0 Å². The number of hydrazine groups is 1. The Morgan fingerprint density at radius 2 is 2.12 bits per heavy atom. The summed E-state index contributed by atoms with van der Waals surface area (Å²) in [6.45, 7) is -0.0282. The number of hydrogen-bond donors (Lipinski definition) is 1. The molecule has 1 aromatic rings. The van der Waals surface area contributed by atoms with Crippen LogP contribution in [-0.2, 0) is 9.59 Å². The van der Waals surface area contributed by atoms with Crippen molar-refractivity contribution in [3.63, 3.8) is 0 Å². The largest absolute Gasteiger partial charge is 0.480 e. The van der Waals surface area contributed by atoms with Crippen LogP contribution in [0.3, 0.4) is 0 Å². The van der Waals surface area contributed by atoms with Crippen LogP contribution in [0.4, 0.5) is 10.1 Å². The van der Waals surface area contributed by atoms with E-state index in [4.69, 9.17) is 5.11 Å². The summed E-state index contributed by atoms with van der Waals surface area (Å²) < 4.78 is 13.6. The maximum absolute atomic E-state index is 13.6. The molecule has 1 aliphatic heterocycles. The summed E-state index contributed by atoms with van der Waals surface area (Å²) in [7, 11) is 0. The van der Waals surface area contributed by atoms with Crippen LogP contribution >= 0.6 is 0 Å². The molecular weight excluding hydrogens is 227 g/mol. The minimum Gasteiger partial charge on any atom is -0.480 e. The number of amides is 1. The van der Waals surface area contributed by atoms with E-state index in [0.717, 1.165) is 5.01 Å². The maximum atomic E-state index is 13.6. The number of anilines is 1. The highest BCUT2D eigenvalue weighted by Gasteiger charge is 2.32. The Labute approximate surface area is 97.0 Å². The van der Waals surface area contributed by atoms with E-state index in [1.54, 1.807) is 6.07 Å². The summed E-state index contributed by atoms with van der Waals surface area (Å²) in [5.74, 6) is -1.89. The standard InChI is InChI=1S/C11H11FN2O3/c12-8-3-1-2-4-9(8)14-10(15)5-6-13(14)7-11(16)17/h1-4H,5-7H2,(H,16,17). The molecule has 0 bridgehead atoms. The van der Waals surface area contributed by atoms with Crippen molar-refractivity contribution in [2.24, 2.45) is 0 Å². The number of aliphatic carboxylic acids is 1. The Morgan fingerprint density at radius 1 is 1.41 bits per heavy atom. The molecule has 0 saturated carbocycles. The number of rotatable bonds is 3. The first kappa shape index (κ1) is 11.5. The van der Waals surface area contributed by atoms with Crippen LogP contribution in [0.25, 0.3) is 0 Å². The van der Waals surface area contributed by atoms with Gasteiger partial charge in [0.05, 0.1) is 5.69 Å². The Hall–Kier alpha value is -1.95. The van der Waals surface area contributed by atoms with Crippen LogP contribution in [0, 0.1) is 5.82 Å². The number of halogens is 1. The van der Waals surface area contributed by atoms with Gasteiger partial charge in [-0.3, -0.25) is 9.59 Å². The fraction of sp³-hybridized carbons (Fsp3) is 0.273. The van der Waals surface area contributed by atoms with Gasteiger partial charge in [-0.25, -0.2) is 14.4 Å². The lowest BCUT2D eigenvalue weighted by Gasteiger charge is -2.26. The van der Waals surface area contributed by atoms with Crippen molar-refractivity contribution in [3.8, 4) is 0 Å². The summed E-state index contributed by atoms with van der Waals surface area (Å²) in [6, 6.07) is 5.80. The number of carboxylic acid groups (broad SMARTS) is 1. The van der Waals surface area contributed by atoms with Crippen LogP contribution in [0.2, 0.25) is 0 Å². The van der Waals surface area contributed by atoms with Crippen LogP contribution in [0.1, 0.15) is 6.42 Å². The van der Waals surface area contributed by atoms with Gasteiger partial charge in [0, 0.05) is 13.0 Å². The Kier molecular flexibility index (Phi) is 3.06. The average Bonchev–Trinajstić information content (AvgIpc) is 2.60. The van der Waals surface area contributed by atoms with Crippen molar-refractivity contribution < 1.29 is 19.1 Å². The van der Waals surface area contributed by atoms with Crippen LogP contribution in [0.5, 0.6) is 0 Å². The van der Waals surface area contributed by atoms with Crippen LogP contribution in [-0.4, -0.2) is 35.1 Å². The van der Waals surface area contributed by atoms with Gasteiger partial charge in [0.1, 0.15) is 12.4 Å². The fourth-order valence-corrected chi connectivity index (χ4v) is 1.80. The molecule has 1 fully saturated rings. The second kappa shape index (κ2) is 4.50. The molecule has 90 valence electrons. The highest BCUT2D eigenvalue weighted by Crippen LogP contribution is 2.25. The van der Waals surface area contributed by atoms with Crippen molar-refractivity contribution in [1.82, 2.24) is 5.01 Å². The molecule has 5 nitrogen and oxygen atoms in total. The molecule has 1 saturated heterocycles. The topological polar surface area (TPSA) is 60.9 Å². The van der Waals surface area contributed by atoms with Gasteiger partial charge in [-0.2, -0.15) is 0 Å². The summed E-state index contributed by atoms with van der Waals surface area (Å²) in [5.41, 5.74) is 0.0938. The molecule has 2 rings (SSSR count). The number of nitrogens with zero attached hydrogens (tertiary/aromatic N) is 2. The molecule has 0 atom stereocenters. The van der Waals surface area contributed by atoms with Gasteiger partial charge in [0.25, 0.3) is 0 Å². The van der Waals surface area contributed by atoms with E-state index in [0.29, 0.717) is 6.54 Å². The first-order valence-electron chi connectivity index (χ1n) is 5.13. The molecule has 17 heavy (non-hydrogen) atoms. The second-order valence-corrected chi connectivity index (χ2v) is 3.69. The van der Waals surface area contributed by atoms with Crippen molar-refractivity contribution in [2.75, 3.05) is 18.1 Å². The Balaban J connectivity index is 2.31. The Morgan fingerprint density at radius 3 is 2.76 bits per heavy atom. The first-order valence-corrected chi connectivity index (χ1v) is 5.13. The molecule has 1 heterocycles. The third-order valence-electron chi connectivity index (χ3n) is 2.50. The minimum absolute atomic E-state index is 0.0938. The summed E-state index contributed by atoms with van der Waals surface area (Å²) >= 11 is 0. The van der Waals surface area contributed by atoms with Gasteiger partial charge in [-0.1, -0.05) is 12.1 Å². The minimum atomic E-state index is -1.05. The van der Waals surface area contributed by atoms with Crippen molar-refractivity contribution >= 4 is 17.6 Å². The number of carbonyl (C=O) groups excluding carboxylic acids is 1. The predicted octanol–water partition coefficient (Wildman–Crippen LogP) is 0.864. The van der Waals surface area contributed by atoms with E-state index in [9.17, 15) is 14.0 Å². The zero-order valence-electron chi connectivity index (χ0n) is 8.97. The highest BCUT2D eigenvalue weighted by atomic mass is 19.1. The molecule has 0 spiro atoms. The van der Waals surface area contributed by atoms with E-state index in [2.05, 4.69) is 0 Å². The van der Waals surface area contributed by atoms with Gasteiger partial charge in [-0.15, -0.1) is 0 Å². The normalized spacial score (nSPS) is 16.5. The van der Waals surface area contributed by atoms with Gasteiger partial charge < -0.3 is 5.11 Å². The molecule has 1 N–H and O–H groups in total. The zero-order chi connectivity index (χ0) is 12.4. The van der Waals surface area contributed by atoms with Gasteiger partial charge >= 0.3 is 5.97 Å². The number of benzene rings is 1. The number of hydrogen-bond acceptors (Lipinski definition) is 3. The number of carboxylic acids is 1. The number of para-hydroxylation sites is 1. The molecule has 0 unspecified atom stereocenters. The smallest absolute Gasteiger partial charge is 0.319 e. The molecule has 0 radical (unpaired) electrons. The fourth-order valence-electron chi connectivity index (χ4n) is 1.80. The molecule has 1 amide bonds. The van der Waals surface area contributed by atoms with E-state index in [-0.39, 0.29) is 24.6 Å². The molecule has 0 aliphatic carbocycles. The van der Waals surface area contributed by atoms with E-state index in [1.807, 2.05) is 0 Å². The molecule has 6 heteroatoms. The summed E-state index contributed by atoms with van der Waals surface area (Å²) in [4.78, 5) is 22.3. The van der Waals surface area contributed by atoms with Crippen LogP contribution in [0.15, 0.2) is 24.3 Å². The maximum Gasteiger partial charge on any atom is 0.319 e. The quantitative estimate of drug-likeness (QED) is 0.848. The van der Waals surface area contributed by atoms with E-state index < -0.39 is 11.8 Å². The second-order valence-electron chi connectivity index (χ2n) is 3.69. The van der Waals surface area contributed by atoms with Crippen molar-refractivity contribution in [2.45, 2.75) is 6.42 Å². The predicted molar refractivity (Wildman–Crippen MR) is 57.7 cm³/mol. The monoisotopic (exact) mass is 238 g/mol. The molecular formula is C11H11FN2O3. The van der Waals surface area contributed by atoms with Crippen LogP contribution < -0.4 is 5.01 Å². The summed E-state index contributed by atoms with van der Waals surface area (Å²) in [6.07, 6.45) is 0.196. The van der Waals surface area contributed by atoms with E-state index >= 15 is 0 Å². The Bertz CT molecular complexity index is 464. The number of carbonyl (C=O) groups is 2. The molecule has 0 aromatic heterocycles. The van der Waals surface area contributed by atoms with Crippen molar-refractivity contribution in [3.05, 3.63) is 30.1 Å². The highest BCUT2D eigenvalue weighted by molar-refractivity contribution is 5.95. The van der Waals surface area contributed by atoms with Gasteiger partial charge in [-0.05, 0) is 12.1 Å². The van der Waals surface area contributed by atoms with Crippen molar-refractivity contribution in [1.29, 1.82) is 0 Å². The lowest BCUT2D eigenvalue weighted by Crippen LogP contribution is -2.42. The zero-order valence-corrected chi connectivity index (χ0v) is 8.97. The van der Waals surface area contributed by atoms with E-state index in [1.165, 1.54) is 23.2 Å². The molecule has 1 aromatic carbocycles. The lowest BCUT2D eigenvalue weighted by atomic mass is 10.3. The molecule has 1 aliphatic rings. The third-order valence-corrected chi connectivity index (χ3v) is 2.50. The first-order chi connectivity index (χ1) is 8.09. The van der Waals surface area contributed by atoms with Gasteiger partial charge in [0.2, 0.25) is 5.91 Å². The average molecular weight is 238 g/mol.